The Morgan fingerprint density at radius 1 is 1.13 bits per heavy atom. The summed E-state index contributed by atoms with van der Waals surface area (Å²) in [6, 6.07) is 11.9. The Labute approximate surface area is 276 Å². The number of nitrogens with one attached hydrogen (secondary N) is 1. The molecule has 0 radical (unpaired) electrons. The number of hydrogen-bond donors (Lipinski definition) is 1. The number of pyridine rings is 1. The van der Waals surface area contributed by atoms with E-state index >= 15 is 0 Å². The molecular formula is C34H45FN4O7S. The number of amides is 2. The molecule has 2 amide bonds. The van der Waals surface area contributed by atoms with Crippen LogP contribution in [-0.4, -0.2) is 92.6 Å². The van der Waals surface area contributed by atoms with Gasteiger partial charge in [0.25, 0.3) is 5.91 Å². The van der Waals surface area contributed by atoms with E-state index in [1.807, 2.05) is 19.9 Å². The molecule has 1 saturated heterocycles. The number of carbonyl (C=O) groups is 2. The van der Waals surface area contributed by atoms with Crippen LogP contribution in [0.5, 0.6) is 5.75 Å². The van der Waals surface area contributed by atoms with Crippen molar-refractivity contribution in [1.82, 2.24) is 14.8 Å². The number of benzene rings is 2. The van der Waals surface area contributed by atoms with Crippen LogP contribution < -0.4 is 9.46 Å². The molecule has 0 spiro atoms. The molecule has 1 aliphatic heterocycles. The van der Waals surface area contributed by atoms with Gasteiger partial charge >= 0.3 is 6.09 Å². The van der Waals surface area contributed by atoms with Crippen molar-refractivity contribution < 1.29 is 36.6 Å². The number of fused-ring (bicyclic) bond motifs is 1. The Balaban J connectivity index is 1.78. The minimum absolute atomic E-state index is 0.111. The van der Waals surface area contributed by atoms with Crippen LogP contribution >= 0.6 is 0 Å². The maximum absolute atomic E-state index is 14.5. The number of likely N-dealkylation sites (tertiary alicyclic amines) is 1. The maximum atomic E-state index is 14.5. The van der Waals surface area contributed by atoms with E-state index in [-0.39, 0.29) is 30.1 Å². The first-order valence-corrected chi connectivity index (χ1v) is 17.6. The number of rotatable bonds is 11. The van der Waals surface area contributed by atoms with Crippen LogP contribution in [0.15, 0.2) is 48.5 Å². The van der Waals surface area contributed by atoms with Crippen LogP contribution in [0.3, 0.4) is 0 Å². The van der Waals surface area contributed by atoms with Gasteiger partial charge in [-0.2, -0.15) is 0 Å². The zero-order chi connectivity index (χ0) is 34.5. The van der Waals surface area contributed by atoms with Gasteiger partial charge in [-0.05, 0) is 76.9 Å². The standard InChI is InChI=1S/C34H45FN4O7S/c1-22(2)39(32(40)29-20-31(45-17-9-16-44-6)27-19-24(35)12-13-28(27)36-29)30-21-38(33(41)46-34(3,4)5)15-14-26(30)23-10-8-11-25(18-23)37-47(7,42)43/h8,10-13,18-20,22,26,30,37H,9,14-17,21H2,1-7H3/t26-,30?/m1/s1. The summed E-state index contributed by atoms with van der Waals surface area (Å²) in [7, 11) is -1.93. The van der Waals surface area contributed by atoms with Crippen molar-refractivity contribution in [1.29, 1.82) is 0 Å². The number of sulfonamides is 1. The topological polar surface area (TPSA) is 127 Å². The third kappa shape index (κ3) is 9.54. The van der Waals surface area contributed by atoms with Crippen LogP contribution in [0.1, 0.15) is 69.4 Å². The van der Waals surface area contributed by atoms with Crippen molar-refractivity contribution in [3.05, 3.63) is 65.6 Å². The van der Waals surface area contributed by atoms with E-state index < -0.39 is 33.6 Å². The first kappa shape index (κ1) is 35.9. The summed E-state index contributed by atoms with van der Waals surface area (Å²) in [6.45, 7) is 10.5. The van der Waals surface area contributed by atoms with E-state index in [4.69, 9.17) is 14.2 Å². The number of hydrogen-bond acceptors (Lipinski definition) is 8. The van der Waals surface area contributed by atoms with Gasteiger partial charge < -0.3 is 24.0 Å². The minimum Gasteiger partial charge on any atom is -0.493 e. The molecular weight excluding hydrogens is 627 g/mol. The average molecular weight is 673 g/mol. The second-order valence-corrected chi connectivity index (χ2v) is 14.8. The maximum Gasteiger partial charge on any atom is 0.410 e. The van der Waals surface area contributed by atoms with Gasteiger partial charge in [0.15, 0.2) is 0 Å². The minimum atomic E-state index is -3.52. The van der Waals surface area contributed by atoms with Crippen LogP contribution in [0, 0.1) is 5.82 Å². The largest absolute Gasteiger partial charge is 0.493 e. The highest BCUT2D eigenvalue weighted by Gasteiger charge is 2.41. The molecule has 2 atom stereocenters. The van der Waals surface area contributed by atoms with Crippen LogP contribution in [0.25, 0.3) is 10.9 Å². The molecule has 1 aromatic heterocycles. The lowest BCUT2D eigenvalue weighted by Crippen LogP contribution is -2.57. The number of aromatic nitrogens is 1. The second-order valence-electron chi connectivity index (χ2n) is 13.1. The van der Waals surface area contributed by atoms with E-state index in [1.54, 1.807) is 55.9 Å². The monoisotopic (exact) mass is 672 g/mol. The highest BCUT2D eigenvalue weighted by molar-refractivity contribution is 7.92. The molecule has 13 heteroatoms. The normalized spacial score (nSPS) is 17.1. The van der Waals surface area contributed by atoms with Gasteiger partial charge in [0.05, 0.1) is 24.4 Å². The van der Waals surface area contributed by atoms with Gasteiger partial charge in [0, 0.05) is 62.3 Å². The van der Waals surface area contributed by atoms with E-state index in [9.17, 15) is 22.4 Å². The van der Waals surface area contributed by atoms with Gasteiger partial charge in [-0.25, -0.2) is 22.6 Å². The van der Waals surface area contributed by atoms with Gasteiger partial charge in [0.1, 0.15) is 22.9 Å². The Kier molecular flexibility index (Phi) is 11.3. The van der Waals surface area contributed by atoms with Crippen molar-refractivity contribution in [2.45, 2.75) is 71.1 Å². The number of nitrogens with zero attached hydrogens (tertiary/aromatic N) is 3. The lowest BCUT2D eigenvalue weighted by molar-refractivity contribution is 0.00358. The first-order chi connectivity index (χ1) is 22.1. The quantitative estimate of drug-likeness (QED) is 0.253. The van der Waals surface area contributed by atoms with Crippen molar-refractivity contribution in [2.75, 3.05) is 44.4 Å². The molecule has 3 aromatic rings. The summed E-state index contributed by atoms with van der Waals surface area (Å²) < 4.78 is 57.6. The van der Waals surface area contributed by atoms with Crippen molar-refractivity contribution in [2.24, 2.45) is 0 Å². The lowest BCUT2D eigenvalue weighted by Gasteiger charge is -2.46. The summed E-state index contributed by atoms with van der Waals surface area (Å²) in [4.78, 5) is 35.8. The Hall–Kier alpha value is -3.97. The van der Waals surface area contributed by atoms with Crippen molar-refractivity contribution in [3.63, 3.8) is 0 Å². The predicted molar refractivity (Wildman–Crippen MR) is 179 cm³/mol. The molecule has 1 fully saturated rings. The summed E-state index contributed by atoms with van der Waals surface area (Å²) in [5, 5.41) is 0.442. The molecule has 4 rings (SSSR count). The molecule has 47 heavy (non-hydrogen) atoms. The molecule has 11 nitrogen and oxygen atoms in total. The third-order valence-electron chi connectivity index (χ3n) is 7.70. The highest BCUT2D eigenvalue weighted by Crippen LogP contribution is 2.36. The molecule has 1 aliphatic rings. The molecule has 0 bridgehead atoms. The molecule has 0 aliphatic carbocycles. The Morgan fingerprint density at radius 2 is 1.87 bits per heavy atom. The van der Waals surface area contributed by atoms with E-state index in [0.717, 1.165) is 11.8 Å². The molecule has 1 N–H and O–H groups in total. The first-order valence-electron chi connectivity index (χ1n) is 15.7. The molecule has 2 aromatic carbocycles. The average Bonchev–Trinajstić information content (AvgIpc) is 2.97. The fourth-order valence-corrected chi connectivity index (χ4v) is 6.38. The fourth-order valence-electron chi connectivity index (χ4n) is 5.82. The molecule has 256 valence electrons. The number of carbonyl (C=O) groups excluding carboxylic acids is 2. The van der Waals surface area contributed by atoms with E-state index in [1.165, 1.54) is 24.3 Å². The molecule has 1 unspecified atom stereocenters. The van der Waals surface area contributed by atoms with Crippen LogP contribution in [0.4, 0.5) is 14.9 Å². The van der Waals surface area contributed by atoms with Gasteiger partial charge in [0.2, 0.25) is 10.0 Å². The van der Waals surface area contributed by atoms with Crippen molar-refractivity contribution >= 4 is 38.6 Å². The zero-order valence-electron chi connectivity index (χ0n) is 28.1. The predicted octanol–water partition coefficient (Wildman–Crippen LogP) is 5.80. The number of piperidine rings is 1. The SMILES string of the molecule is COCCCOc1cc(C(=O)N(C(C)C)C2CN(C(=O)OC(C)(C)C)CC[C@@H]2c2cccc(NS(C)(=O)=O)c2)nc2ccc(F)cc12. The van der Waals surface area contributed by atoms with Gasteiger partial charge in [-0.3, -0.25) is 9.52 Å². The smallest absolute Gasteiger partial charge is 0.410 e. The number of methoxy groups -OCH3 is 1. The van der Waals surface area contributed by atoms with Gasteiger partial charge in [-0.1, -0.05) is 12.1 Å². The van der Waals surface area contributed by atoms with Crippen molar-refractivity contribution in [3.8, 4) is 5.75 Å². The molecule has 0 saturated carbocycles. The lowest BCUT2D eigenvalue weighted by atomic mass is 9.83. The van der Waals surface area contributed by atoms with E-state index in [0.29, 0.717) is 54.9 Å². The van der Waals surface area contributed by atoms with Gasteiger partial charge in [-0.15, -0.1) is 0 Å². The van der Waals surface area contributed by atoms with Crippen LogP contribution in [0.2, 0.25) is 0 Å². The fraction of sp³-hybridized carbons (Fsp3) is 0.500. The zero-order valence-corrected chi connectivity index (χ0v) is 28.9. The Bertz CT molecular complexity index is 1690. The highest BCUT2D eigenvalue weighted by atomic mass is 32.2. The summed E-state index contributed by atoms with van der Waals surface area (Å²) in [5.41, 5.74) is 1.02. The third-order valence-corrected chi connectivity index (χ3v) is 8.31. The van der Waals surface area contributed by atoms with Crippen LogP contribution in [-0.2, 0) is 19.5 Å². The summed E-state index contributed by atoms with van der Waals surface area (Å²) >= 11 is 0. The number of halogens is 1. The number of ether oxygens (including phenoxy) is 3. The number of anilines is 1. The Morgan fingerprint density at radius 3 is 2.53 bits per heavy atom. The second kappa shape index (κ2) is 14.8. The summed E-state index contributed by atoms with van der Waals surface area (Å²) in [5.74, 6) is -0.781. The molecule has 2 heterocycles. The van der Waals surface area contributed by atoms with E-state index in [2.05, 4.69) is 9.71 Å². The summed E-state index contributed by atoms with van der Waals surface area (Å²) in [6.07, 6.45) is 1.68.